The van der Waals surface area contributed by atoms with Gasteiger partial charge in [-0.3, -0.25) is 0 Å². The maximum atomic E-state index is 5.75. The van der Waals surface area contributed by atoms with Crippen LogP contribution in [0.15, 0.2) is 30.3 Å². The van der Waals surface area contributed by atoms with Gasteiger partial charge in [0.05, 0.1) is 5.56 Å². The highest BCUT2D eigenvalue weighted by Gasteiger charge is 2.07. The molecule has 0 aliphatic rings. The number of nitrogens with zero attached hydrogens (tertiary/aromatic N) is 2. The lowest BCUT2D eigenvalue weighted by atomic mass is 10.3. The molecule has 0 saturated carbocycles. The van der Waals surface area contributed by atoms with Crippen molar-refractivity contribution >= 4 is 5.82 Å². The van der Waals surface area contributed by atoms with Gasteiger partial charge in [-0.25, -0.2) is 4.98 Å². The van der Waals surface area contributed by atoms with Gasteiger partial charge >= 0.3 is 0 Å². The molecule has 0 amide bonds. The molecule has 1 aromatic carbocycles. The number of anilines is 1. The van der Waals surface area contributed by atoms with Crippen LogP contribution < -0.4 is 15.2 Å². The van der Waals surface area contributed by atoms with Gasteiger partial charge in [0, 0.05) is 0 Å². The Morgan fingerprint density at radius 1 is 1.00 bits per heavy atom. The van der Waals surface area contributed by atoms with Crippen molar-refractivity contribution in [1.82, 2.24) is 9.97 Å². The van der Waals surface area contributed by atoms with E-state index in [1.807, 2.05) is 37.3 Å². The van der Waals surface area contributed by atoms with E-state index in [0.29, 0.717) is 30.7 Å². The summed E-state index contributed by atoms with van der Waals surface area (Å²) in [5.41, 5.74) is 6.51. The number of aromatic nitrogens is 2. The summed E-state index contributed by atoms with van der Waals surface area (Å²) in [6.45, 7) is 4.48. The maximum Gasteiger partial charge on any atom is 0.221 e. The minimum absolute atomic E-state index is 0.408. The van der Waals surface area contributed by atoms with Gasteiger partial charge in [0.1, 0.15) is 30.6 Å². The highest BCUT2D eigenvalue weighted by molar-refractivity contribution is 5.44. The van der Waals surface area contributed by atoms with E-state index in [2.05, 4.69) is 9.97 Å². The van der Waals surface area contributed by atoms with Crippen molar-refractivity contribution in [3.63, 3.8) is 0 Å². The highest BCUT2D eigenvalue weighted by Crippen LogP contribution is 2.19. The number of aryl methyl sites for hydroxylation is 1. The summed E-state index contributed by atoms with van der Waals surface area (Å²) in [7, 11) is 0. The Hall–Kier alpha value is -2.30. The summed E-state index contributed by atoms with van der Waals surface area (Å²) in [4.78, 5) is 8.27. The normalized spacial score (nSPS) is 10.2. The van der Waals surface area contributed by atoms with Crippen LogP contribution in [0.2, 0.25) is 0 Å². The van der Waals surface area contributed by atoms with Gasteiger partial charge < -0.3 is 15.2 Å². The molecule has 0 fully saturated rings. The van der Waals surface area contributed by atoms with Crippen LogP contribution in [0.1, 0.15) is 11.4 Å². The van der Waals surface area contributed by atoms with Crippen LogP contribution in [-0.4, -0.2) is 23.2 Å². The molecule has 0 atom stereocenters. The molecule has 1 heterocycles. The van der Waals surface area contributed by atoms with Crippen molar-refractivity contribution in [2.75, 3.05) is 18.9 Å². The third-order valence-corrected chi connectivity index (χ3v) is 2.58. The number of benzene rings is 1. The van der Waals surface area contributed by atoms with Gasteiger partial charge in [-0.1, -0.05) is 18.2 Å². The molecule has 0 saturated heterocycles. The summed E-state index contributed by atoms with van der Waals surface area (Å²) in [5.74, 6) is 2.39. The monoisotopic (exact) mass is 259 g/mol. The topological polar surface area (TPSA) is 70.3 Å². The van der Waals surface area contributed by atoms with Crippen molar-refractivity contribution in [3.8, 4) is 11.6 Å². The number of ether oxygens (including phenoxy) is 2. The molecule has 0 aliphatic carbocycles. The van der Waals surface area contributed by atoms with Crippen molar-refractivity contribution in [2.45, 2.75) is 13.8 Å². The Labute approximate surface area is 112 Å². The molecule has 0 radical (unpaired) electrons. The molecular formula is C14H17N3O2. The van der Waals surface area contributed by atoms with E-state index in [-0.39, 0.29) is 0 Å². The minimum Gasteiger partial charge on any atom is -0.490 e. The van der Waals surface area contributed by atoms with Crippen LogP contribution in [0.5, 0.6) is 11.6 Å². The fraction of sp³-hybridized carbons (Fsp3) is 0.286. The number of para-hydroxylation sites is 1. The predicted molar refractivity (Wildman–Crippen MR) is 73.4 cm³/mol. The van der Waals surface area contributed by atoms with Gasteiger partial charge in [-0.2, -0.15) is 4.98 Å². The second kappa shape index (κ2) is 6.04. The first-order valence-corrected chi connectivity index (χ1v) is 6.08. The standard InChI is InChI=1S/C14H17N3O2/c1-10-13(15)16-11(2)17-14(10)19-9-8-18-12-6-4-3-5-7-12/h3-7H,8-9H2,1-2H3,(H2,15,16,17). The number of nitrogen functional groups attached to an aromatic ring is 1. The van der Waals surface area contributed by atoms with E-state index in [1.165, 1.54) is 0 Å². The van der Waals surface area contributed by atoms with Crippen LogP contribution in [0.25, 0.3) is 0 Å². The summed E-state index contributed by atoms with van der Waals surface area (Å²) in [6, 6.07) is 9.60. The van der Waals surface area contributed by atoms with E-state index < -0.39 is 0 Å². The summed E-state index contributed by atoms with van der Waals surface area (Å²) in [6.07, 6.45) is 0. The zero-order chi connectivity index (χ0) is 13.7. The molecule has 5 nitrogen and oxygen atoms in total. The molecule has 100 valence electrons. The SMILES string of the molecule is Cc1nc(N)c(C)c(OCCOc2ccccc2)n1. The second-order valence-electron chi connectivity index (χ2n) is 4.10. The maximum absolute atomic E-state index is 5.75. The zero-order valence-corrected chi connectivity index (χ0v) is 11.1. The summed E-state index contributed by atoms with van der Waals surface area (Å²) >= 11 is 0. The molecule has 2 aromatic rings. The predicted octanol–water partition coefficient (Wildman–Crippen LogP) is 2.13. The molecule has 0 aliphatic heterocycles. The van der Waals surface area contributed by atoms with Gasteiger partial charge in [-0.05, 0) is 26.0 Å². The average molecular weight is 259 g/mol. The Morgan fingerprint density at radius 3 is 2.42 bits per heavy atom. The number of hydrogen-bond donors (Lipinski definition) is 1. The van der Waals surface area contributed by atoms with E-state index in [1.54, 1.807) is 6.92 Å². The highest BCUT2D eigenvalue weighted by atomic mass is 16.5. The van der Waals surface area contributed by atoms with E-state index in [0.717, 1.165) is 11.3 Å². The molecule has 2 N–H and O–H groups in total. The summed E-state index contributed by atoms with van der Waals surface area (Å²) < 4.78 is 11.1. The van der Waals surface area contributed by atoms with E-state index in [4.69, 9.17) is 15.2 Å². The van der Waals surface area contributed by atoms with Crippen LogP contribution >= 0.6 is 0 Å². The molecule has 0 spiro atoms. The molecule has 5 heteroatoms. The largest absolute Gasteiger partial charge is 0.490 e. The average Bonchev–Trinajstić information content (AvgIpc) is 2.41. The minimum atomic E-state index is 0.408. The van der Waals surface area contributed by atoms with Gasteiger partial charge in [0.25, 0.3) is 0 Å². The Morgan fingerprint density at radius 2 is 1.68 bits per heavy atom. The zero-order valence-electron chi connectivity index (χ0n) is 11.1. The van der Waals surface area contributed by atoms with Crippen molar-refractivity contribution in [3.05, 3.63) is 41.7 Å². The lowest BCUT2D eigenvalue weighted by molar-refractivity contribution is 0.210. The van der Waals surface area contributed by atoms with Crippen LogP contribution in [0, 0.1) is 13.8 Å². The van der Waals surface area contributed by atoms with Crippen molar-refractivity contribution < 1.29 is 9.47 Å². The second-order valence-corrected chi connectivity index (χ2v) is 4.10. The molecule has 1 aromatic heterocycles. The quantitative estimate of drug-likeness (QED) is 0.833. The van der Waals surface area contributed by atoms with E-state index in [9.17, 15) is 0 Å². The first-order valence-electron chi connectivity index (χ1n) is 6.08. The molecule has 19 heavy (non-hydrogen) atoms. The van der Waals surface area contributed by atoms with Gasteiger partial charge in [0.15, 0.2) is 0 Å². The smallest absolute Gasteiger partial charge is 0.221 e. The Kier molecular flexibility index (Phi) is 4.18. The first kappa shape index (κ1) is 13.1. The molecule has 2 rings (SSSR count). The molecule has 0 unspecified atom stereocenters. The van der Waals surface area contributed by atoms with Crippen LogP contribution in [0.4, 0.5) is 5.82 Å². The lowest BCUT2D eigenvalue weighted by Gasteiger charge is -2.10. The Balaban J connectivity index is 1.86. The van der Waals surface area contributed by atoms with Crippen molar-refractivity contribution in [2.24, 2.45) is 0 Å². The third kappa shape index (κ3) is 3.58. The van der Waals surface area contributed by atoms with Crippen molar-refractivity contribution in [1.29, 1.82) is 0 Å². The number of rotatable bonds is 5. The number of nitrogens with two attached hydrogens (primary N) is 1. The third-order valence-electron chi connectivity index (χ3n) is 2.58. The van der Waals surface area contributed by atoms with E-state index >= 15 is 0 Å². The summed E-state index contributed by atoms with van der Waals surface area (Å²) in [5, 5.41) is 0. The fourth-order valence-corrected chi connectivity index (χ4v) is 1.58. The van der Waals surface area contributed by atoms with Crippen LogP contribution in [-0.2, 0) is 0 Å². The fourth-order valence-electron chi connectivity index (χ4n) is 1.58. The first-order chi connectivity index (χ1) is 9.16. The van der Waals surface area contributed by atoms with Crippen LogP contribution in [0.3, 0.4) is 0 Å². The van der Waals surface area contributed by atoms with Gasteiger partial charge in [-0.15, -0.1) is 0 Å². The molecule has 0 bridgehead atoms. The Bertz CT molecular complexity index is 544. The van der Waals surface area contributed by atoms with Gasteiger partial charge in [0.2, 0.25) is 5.88 Å². The number of hydrogen-bond acceptors (Lipinski definition) is 5. The lowest BCUT2D eigenvalue weighted by Crippen LogP contribution is -2.12. The molecular weight excluding hydrogens is 242 g/mol.